The van der Waals surface area contributed by atoms with Crippen LogP contribution in [0.4, 0.5) is 13.2 Å². The van der Waals surface area contributed by atoms with E-state index in [1.54, 1.807) is 18.9 Å². The second kappa shape index (κ2) is 7.63. The number of aromatic nitrogens is 2. The van der Waals surface area contributed by atoms with Crippen molar-refractivity contribution in [3.8, 4) is 5.75 Å². The average molecular weight is 345 g/mol. The molecule has 2 rings (SSSR count). The Kier molecular flexibility index (Phi) is 5.79. The number of aryl methyl sites for hydroxylation is 1. The van der Waals surface area contributed by atoms with E-state index in [4.69, 9.17) is 9.26 Å². The average Bonchev–Trinajstić information content (AvgIpc) is 2.89. The van der Waals surface area contributed by atoms with Crippen LogP contribution in [0.1, 0.15) is 17.3 Å². The predicted molar refractivity (Wildman–Crippen MR) is 78.3 cm³/mol. The minimum atomic E-state index is -4.51. The number of hydrogen-bond acceptors (Lipinski definition) is 6. The number of aliphatic hydroxyl groups is 1. The van der Waals surface area contributed by atoms with Gasteiger partial charge in [0.25, 0.3) is 0 Å². The van der Waals surface area contributed by atoms with Crippen molar-refractivity contribution < 1.29 is 27.5 Å². The molecule has 1 aromatic carbocycles. The quantitative estimate of drug-likeness (QED) is 0.830. The smallest absolute Gasteiger partial charge is 0.419 e. The molecular formula is C15H18F3N3O3. The van der Waals surface area contributed by atoms with Gasteiger partial charge in [0, 0.05) is 13.5 Å². The highest BCUT2D eigenvalue weighted by Crippen LogP contribution is 2.35. The van der Waals surface area contributed by atoms with Crippen LogP contribution < -0.4 is 4.74 Å². The summed E-state index contributed by atoms with van der Waals surface area (Å²) in [6.45, 7) is 1.93. The van der Waals surface area contributed by atoms with E-state index in [0.717, 1.165) is 6.07 Å². The fourth-order valence-electron chi connectivity index (χ4n) is 2.14. The zero-order chi connectivity index (χ0) is 17.7. The van der Waals surface area contributed by atoms with Crippen LogP contribution in [0, 0.1) is 6.92 Å². The lowest BCUT2D eigenvalue weighted by atomic mass is 10.2. The molecule has 0 aliphatic carbocycles. The fourth-order valence-corrected chi connectivity index (χ4v) is 2.14. The van der Waals surface area contributed by atoms with Gasteiger partial charge in [-0.25, -0.2) is 0 Å². The molecule has 2 aromatic rings. The Morgan fingerprint density at radius 1 is 1.33 bits per heavy atom. The number of para-hydroxylation sites is 1. The predicted octanol–water partition coefficient (Wildman–Crippen LogP) is 2.27. The first-order valence-corrected chi connectivity index (χ1v) is 7.20. The molecule has 0 bridgehead atoms. The van der Waals surface area contributed by atoms with Gasteiger partial charge in [-0.2, -0.15) is 18.2 Å². The van der Waals surface area contributed by atoms with Crippen LogP contribution in [0.3, 0.4) is 0 Å². The Bertz CT molecular complexity index is 661. The van der Waals surface area contributed by atoms with Gasteiger partial charge in [0.05, 0.1) is 12.1 Å². The van der Waals surface area contributed by atoms with Gasteiger partial charge in [-0.15, -0.1) is 0 Å². The molecule has 132 valence electrons. The third-order valence-corrected chi connectivity index (χ3v) is 3.13. The summed E-state index contributed by atoms with van der Waals surface area (Å²) in [6.07, 6.45) is -5.47. The minimum absolute atomic E-state index is 0.182. The van der Waals surface area contributed by atoms with Gasteiger partial charge < -0.3 is 14.4 Å². The number of nitrogens with zero attached hydrogens (tertiary/aromatic N) is 3. The number of rotatable bonds is 7. The van der Waals surface area contributed by atoms with Gasteiger partial charge in [-0.05, 0) is 19.2 Å². The van der Waals surface area contributed by atoms with Crippen LogP contribution in [-0.2, 0) is 12.7 Å². The summed E-state index contributed by atoms with van der Waals surface area (Å²) in [6, 6.07) is 4.89. The van der Waals surface area contributed by atoms with Gasteiger partial charge >= 0.3 is 6.18 Å². The van der Waals surface area contributed by atoms with Crippen molar-refractivity contribution in [2.75, 3.05) is 20.2 Å². The van der Waals surface area contributed by atoms with Crippen LogP contribution in [0.15, 0.2) is 28.8 Å². The molecule has 0 radical (unpaired) electrons. The molecule has 1 aromatic heterocycles. The van der Waals surface area contributed by atoms with Crippen LogP contribution in [-0.4, -0.2) is 46.5 Å². The summed E-state index contributed by atoms with van der Waals surface area (Å²) < 4.78 is 48.5. The number of halogens is 3. The number of hydrogen-bond donors (Lipinski definition) is 1. The number of ether oxygens (including phenoxy) is 1. The standard InChI is InChI=1S/C15H18F3N3O3/c1-10-19-14(20-24-10)8-21(2)7-11(22)9-23-13-6-4-3-5-12(13)15(16,17)18/h3-6,11,22H,7-9H2,1-2H3/t11-/m0/s1. The highest BCUT2D eigenvalue weighted by Gasteiger charge is 2.34. The third kappa shape index (κ3) is 5.20. The van der Waals surface area contributed by atoms with Crippen molar-refractivity contribution in [1.29, 1.82) is 0 Å². The van der Waals surface area contributed by atoms with E-state index in [1.807, 2.05) is 0 Å². The van der Waals surface area contributed by atoms with Gasteiger partial charge in [-0.1, -0.05) is 17.3 Å². The van der Waals surface area contributed by atoms with Crippen molar-refractivity contribution in [1.82, 2.24) is 15.0 Å². The molecule has 0 amide bonds. The lowest BCUT2D eigenvalue weighted by Crippen LogP contribution is -2.33. The highest BCUT2D eigenvalue weighted by atomic mass is 19.4. The molecule has 0 unspecified atom stereocenters. The molecule has 0 aliphatic rings. The van der Waals surface area contributed by atoms with E-state index in [1.165, 1.54) is 18.2 Å². The second-order valence-corrected chi connectivity index (χ2v) is 5.39. The largest absolute Gasteiger partial charge is 0.490 e. The molecule has 1 atom stereocenters. The topological polar surface area (TPSA) is 71.6 Å². The molecule has 0 aliphatic heterocycles. The molecule has 1 heterocycles. The number of likely N-dealkylation sites (N-methyl/N-ethyl adjacent to an activating group) is 1. The Labute approximate surface area is 136 Å². The first-order chi connectivity index (χ1) is 11.3. The van der Waals surface area contributed by atoms with Crippen LogP contribution in [0.2, 0.25) is 0 Å². The van der Waals surface area contributed by atoms with Gasteiger partial charge in [0.15, 0.2) is 5.82 Å². The minimum Gasteiger partial charge on any atom is -0.490 e. The summed E-state index contributed by atoms with van der Waals surface area (Å²) in [7, 11) is 1.72. The molecule has 1 N–H and O–H groups in total. The van der Waals surface area contributed by atoms with Crippen molar-refractivity contribution in [3.05, 3.63) is 41.5 Å². The molecule has 24 heavy (non-hydrogen) atoms. The third-order valence-electron chi connectivity index (χ3n) is 3.13. The zero-order valence-corrected chi connectivity index (χ0v) is 13.2. The summed E-state index contributed by atoms with van der Waals surface area (Å²) in [5.74, 6) is 0.595. The van der Waals surface area contributed by atoms with E-state index in [-0.39, 0.29) is 18.9 Å². The SMILES string of the molecule is Cc1nc(CN(C)C[C@H](O)COc2ccccc2C(F)(F)F)no1. The van der Waals surface area contributed by atoms with Crippen molar-refractivity contribution >= 4 is 0 Å². The Hall–Kier alpha value is -2.13. The molecule has 0 saturated carbocycles. The summed E-state index contributed by atoms with van der Waals surface area (Å²) in [5, 5.41) is 13.7. The van der Waals surface area contributed by atoms with Gasteiger partial charge in [0.2, 0.25) is 5.89 Å². The van der Waals surface area contributed by atoms with E-state index >= 15 is 0 Å². The van der Waals surface area contributed by atoms with Crippen LogP contribution >= 0.6 is 0 Å². The maximum absolute atomic E-state index is 12.9. The lowest BCUT2D eigenvalue weighted by Gasteiger charge is -2.20. The Morgan fingerprint density at radius 2 is 2.04 bits per heavy atom. The molecule has 0 spiro atoms. The van der Waals surface area contributed by atoms with Crippen molar-refractivity contribution in [3.63, 3.8) is 0 Å². The van der Waals surface area contributed by atoms with Crippen molar-refractivity contribution in [2.45, 2.75) is 25.7 Å². The normalized spacial score (nSPS) is 13.3. The summed E-state index contributed by atoms with van der Waals surface area (Å²) in [5.41, 5.74) is -0.868. The van der Waals surface area contributed by atoms with E-state index < -0.39 is 17.8 Å². The maximum atomic E-state index is 12.9. The number of aliphatic hydroxyl groups excluding tert-OH is 1. The molecule has 6 nitrogen and oxygen atoms in total. The second-order valence-electron chi connectivity index (χ2n) is 5.39. The number of alkyl halides is 3. The van der Waals surface area contributed by atoms with Crippen LogP contribution in [0.25, 0.3) is 0 Å². The van der Waals surface area contributed by atoms with Gasteiger partial charge in [0.1, 0.15) is 18.5 Å². The van der Waals surface area contributed by atoms with Gasteiger partial charge in [-0.3, -0.25) is 4.90 Å². The monoisotopic (exact) mass is 345 g/mol. The first kappa shape index (κ1) is 18.2. The Morgan fingerprint density at radius 3 is 2.67 bits per heavy atom. The lowest BCUT2D eigenvalue weighted by molar-refractivity contribution is -0.139. The fraction of sp³-hybridized carbons (Fsp3) is 0.467. The zero-order valence-electron chi connectivity index (χ0n) is 13.2. The first-order valence-electron chi connectivity index (χ1n) is 7.20. The van der Waals surface area contributed by atoms with E-state index in [0.29, 0.717) is 18.3 Å². The van der Waals surface area contributed by atoms with Crippen LogP contribution in [0.5, 0.6) is 5.75 Å². The molecule has 0 fully saturated rings. The maximum Gasteiger partial charge on any atom is 0.419 e. The van der Waals surface area contributed by atoms with E-state index in [2.05, 4.69) is 10.1 Å². The highest BCUT2D eigenvalue weighted by molar-refractivity contribution is 5.35. The number of benzene rings is 1. The molecular weight excluding hydrogens is 327 g/mol. The Balaban J connectivity index is 1.86. The van der Waals surface area contributed by atoms with Crippen molar-refractivity contribution in [2.24, 2.45) is 0 Å². The summed E-state index contributed by atoms with van der Waals surface area (Å²) in [4.78, 5) is 5.75. The molecule has 0 saturated heterocycles. The molecule has 9 heteroatoms. The van der Waals surface area contributed by atoms with E-state index in [9.17, 15) is 18.3 Å². The summed E-state index contributed by atoms with van der Waals surface area (Å²) >= 11 is 0.